The van der Waals surface area contributed by atoms with E-state index in [9.17, 15) is 9.59 Å². The molecule has 5 nitrogen and oxygen atoms in total. The second-order valence-corrected chi connectivity index (χ2v) is 7.68. The molecule has 0 bridgehead atoms. The maximum atomic E-state index is 12.8. The van der Waals surface area contributed by atoms with Crippen LogP contribution >= 0.6 is 11.3 Å². The van der Waals surface area contributed by atoms with E-state index in [-0.39, 0.29) is 29.1 Å². The SMILES string of the molecule is CCC(NC(=O)c1c(C)ccn(C2CC2)c1=O)c1nc(C)c(C)s1. The molecule has 24 heavy (non-hydrogen) atoms. The molecule has 1 saturated carbocycles. The van der Waals surface area contributed by atoms with Crippen LogP contribution in [-0.4, -0.2) is 15.5 Å². The van der Waals surface area contributed by atoms with Crippen LogP contribution in [0.2, 0.25) is 0 Å². The number of aromatic nitrogens is 2. The summed E-state index contributed by atoms with van der Waals surface area (Å²) in [4.78, 5) is 31.1. The summed E-state index contributed by atoms with van der Waals surface area (Å²) in [5.74, 6) is -0.301. The largest absolute Gasteiger partial charge is 0.343 e. The number of nitrogens with zero attached hydrogens (tertiary/aromatic N) is 2. The molecule has 2 aromatic rings. The molecule has 128 valence electrons. The summed E-state index contributed by atoms with van der Waals surface area (Å²) in [5, 5.41) is 3.90. The Labute approximate surface area is 145 Å². The Morgan fingerprint density at radius 1 is 1.42 bits per heavy atom. The van der Waals surface area contributed by atoms with Gasteiger partial charge in [-0.3, -0.25) is 9.59 Å². The maximum absolute atomic E-state index is 12.8. The molecule has 0 spiro atoms. The van der Waals surface area contributed by atoms with Crippen LogP contribution in [0.3, 0.4) is 0 Å². The normalized spacial score (nSPS) is 15.3. The molecule has 1 fully saturated rings. The highest BCUT2D eigenvalue weighted by Gasteiger charge is 2.28. The van der Waals surface area contributed by atoms with Crippen molar-refractivity contribution in [1.82, 2.24) is 14.9 Å². The van der Waals surface area contributed by atoms with Gasteiger partial charge in [0.05, 0.1) is 11.7 Å². The van der Waals surface area contributed by atoms with Crippen LogP contribution in [0.15, 0.2) is 17.1 Å². The molecule has 0 radical (unpaired) electrons. The minimum absolute atomic E-state index is 0.164. The van der Waals surface area contributed by atoms with Crippen molar-refractivity contribution in [3.05, 3.63) is 49.3 Å². The van der Waals surface area contributed by atoms with Crippen LogP contribution in [0.5, 0.6) is 0 Å². The molecule has 3 rings (SSSR count). The van der Waals surface area contributed by atoms with Crippen LogP contribution in [0.1, 0.15) is 69.8 Å². The third-order valence-electron chi connectivity index (χ3n) is 4.55. The van der Waals surface area contributed by atoms with Crippen molar-refractivity contribution in [3.63, 3.8) is 0 Å². The van der Waals surface area contributed by atoms with Gasteiger partial charge in [0.15, 0.2) is 0 Å². The van der Waals surface area contributed by atoms with Crippen molar-refractivity contribution in [1.29, 1.82) is 0 Å². The molecule has 6 heteroatoms. The summed E-state index contributed by atoms with van der Waals surface area (Å²) < 4.78 is 1.69. The Balaban J connectivity index is 1.88. The summed E-state index contributed by atoms with van der Waals surface area (Å²) in [6.45, 7) is 7.82. The van der Waals surface area contributed by atoms with E-state index in [1.54, 1.807) is 22.1 Å². The van der Waals surface area contributed by atoms with E-state index < -0.39 is 0 Å². The van der Waals surface area contributed by atoms with E-state index in [1.165, 1.54) is 0 Å². The number of rotatable bonds is 5. The number of amides is 1. The third kappa shape index (κ3) is 3.15. The minimum Gasteiger partial charge on any atom is -0.343 e. The number of carbonyl (C=O) groups is 1. The van der Waals surface area contributed by atoms with Crippen molar-refractivity contribution in [2.75, 3.05) is 0 Å². The molecule has 0 aliphatic heterocycles. The van der Waals surface area contributed by atoms with Gasteiger partial charge in [0.25, 0.3) is 11.5 Å². The highest BCUT2D eigenvalue weighted by atomic mass is 32.1. The third-order valence-corrected chi connectivity index (χ3v) is 5.74. The fraction of sp³-hybridized carbons (Fsp3) is 0.500. The van der Waals surface area contributed by atoms with Crippen molar-refractivity contribution < 1.29 is 4.79 Å². The molecule has 1 aliphatic carbocycles. The van der Waals surface area contributed by atoms with Gasteiger partial charge < -0.3 is 9.88 Å². The highest BCUT2D eigenvalue weighted by molar-refractivity contribution is 7.11. The summed E-state index contributed by atoms with van der Waals surface area (Å²) in [5.41, 5.74) is 1.79. The number of thiazole rings is 1. The first-order valence-electron chi connectivity index (χ1n) is 8.38. The Bertz CT molecular complexity index is 814. The van der Waals surface area contributed by atoms with Crippen molar-refractivity contribution in [3.8, 4) is 0 Å². The summed E-state index contributed by atoms with van der Waals surface area (Å²) in [6, 6.07) is 1.95. The molecular formula is C18H23N3O2S. The molecule has 0 aromatic carbocycles. The first-order valence-corrected chi connectivity index (χ1v) is 9.20. The smallest absolute Gasteiger partial charge is 0.263 e. The molecular weight excluding hydrogens is 322 g/mol. The average Bonchev–Trinajstić information content (AvgIpc) is 3.31. The molecule has 0 saturated heterocycles. The Hall–Kier alpha value is -1.95. The summed E-state index contributed by atoms with van der Waals surface area (Å²) in [7, 11) is 0. The summed E-state index contributed by atoms with van der Waals surface area (Å²) >= 11 is 1.60. The molecule has 2 aromatic heterocycles. The lowest BCUT2D eigenvalue weighted by molar-refractivity contribution is 0.0932. The second kappa shape index (κ2) is 6.51. The molecule has 2 heterocycles. The fourth-order valence-electron chi connectivity index (χ4n) is 2.77. The van der Waals surface area contributed by atoms with Gasteiger partial charge in [-0.2, -0.15) is 0 Å². The first-order chi connectivity index (χ1) is 11.4. The lowest BCUT2D eigenvalue weighted by Gasteiger charge is -2.16. The van der Waals surface area contributed by atoms with E-state index in [0.29, 0.717) is 0 Å². The maximum Gasteiger partial charge on any atom is 0.263 e. The Morgan fingerprint density at radius 3 is 2.67 bits per heavy atom. The number of hydrogen-bond donors (Lipinski definition) is 1. The number of pyridine rings is 1. The molecule has 1 atom stereocenters. The van der Waals surface area contributed by atoms with E-state index >= 15 is 0 Å². The van der Waals surface area contributed by atoms with E-state index in [1.807, 2.05) is 33.8 Å². The highest BCUT2D eigenvalue weighted by Crippen LogP contribution is 2.33. The molecule has 1 unspecified atom stereocenters. The molecule has 1 N–H and O–H groups in total. The van der Waals surface area contributed by atoms with E-state index in [4.69, 9.17) is 0 Å². The van der Waals surface area contributed by atoms with Gasteiger partial charge in [0.1, 0.15) is 10.6 Å². The van der Waals surface area contributed by atoms with Crippen molar-refractivity contribution in [2.45, 2.75) is 59.0 Å². The quantitative estimate of drug-likeness (QED) is 0.903. The molecule has 1 aliphatic rings. The topological polar surface area (TPSA) is 64.0 Å². The number of hydrogen-bond acceptors (Lipinski definition) is 4. The van der Waals surface area contributed by atoms with Crippen LogP contribution in [-0.2, 0) is 0 Å². The second-order valence-electron chi connectivity index (χ2n) is 6.45. The summed E-state index contributed by atoms with van der Waals surface area (Å²) in [6.07, 6.45) is 4.57. The average molecular weight is 345 g/mol. The van der Waals surface area contributed by atoms with Gasteiger partial charge in [0, 0.05) is 17.1 Å². The lowest BCUT2D eigenvalue weighted by atomic mass is 10.1. The fourth-order valence-corrected chi connectivity index (χ4v) is 3.83. The van der Waals surface area contributed by atoms with Gasteiger partial charge in [-0.25, -0.2) is 4.98 Å². The standard InChI is InChI=1S/C18H23N3O2S/c1-5-14(17-19-11(3)12(4)24-17)20-16(22)15-10(2)8-9-21(18(15)23)13-6-7-13/h8-9,13-14H,5-7H2,1-4H3,(H,20,22). The van der Waals surface area contributed by atoms with E-state index in [2.05, 4.69) is 10.3 Å². The Kier molecular flexibility index (Phi) is 4.58. The van der Waals surface area contributed by atoms with Gasteiger partial charge in [-0.15, -0.1) is 11.3 Å². The predicted octanol–water partition coefficient (Wildman–Crippen LogP) is 3.45. The number of nitrogens with one attached hydrogen (secondary N) is 1. The van der Waals surface area contributed by atoms with E-state index in [0.717, 1.165) is 40.4 Å². The zero-order valence-electron chi connectivity index (χ0n) is 14.5. The van der Waals surface area contributed by atoms with Gasteiger partial charge >= 0.3 is 0 Å². The van der Waals surface area contributed by atoms with Crippen molar-refractivity contribution in [2.24, 2.45) is 0 Å². The zero-order valence-corrected chi connectivity index (χ0v) is 15.4. The van der Waals surface area contributed by atoms with Crippen LogP contribution in [0.25, 0.3) is 0 Å². The first kappa shape index (κ1) is 16.9. The monoisotopic (exact) mass is 345 g/mol. The van der Waals surface area contributed by atoms with Gasteiger partial charge in [-0.1, -0.05) is 6.92 Å². The van der Waals surface area contributed by atoms with Crippen LogP contribution in [0.4, 0.5) is 0 Å². The van der Waals surface area contributed by atoms with Gasteiger partial charge in [-0.05, 0) is 51.7 Å². The predicted molar refractivity (Wildman–Crippen MR) is 95.8 cm³/mol. The lowest BCUT2D eigenvalue weighted by Crippen LogP contribution is -2.35. The van der Waals surface area contributed by atoms with Crippen LogP contribution in [0, 0.1) is 20.8 Å². The zero-order chi connectivity index (χ0) is 17.4. The number of aryl methyl sites for hydroxylation is 3. The Morgan fingerprint density at radius 2 is 2.12 bits per heavy atom. The van der Waals surface area contributed by atoms with Crippen LogP contribution < -0.4 is 10.9 Å². The van der Waals surface area contributed by atoms with Gasteiger partial charge in [0.2, 0.25) is 0 Å². The number of carbonyl (C=O) groups excluding carboxylic acids is 1. The molecule has 1 amide bonds. The minimum atomic E-state index is -0.301. The van der Waals surface area contributed by atoms with Crippen molar-refractivity contribution >= 4 is 17.2 Å².